The number of benzene rings is 2. The molecular weight excluding hydrogens is 334 g/mol. The van der Waals surface area contributed by atoms with Crippen LogP contribution < -0.4 is 9.47 Å². The van der Waals surface area contributed by atoms with E-state index in [9.17, 15) is 10.2 Å². The zero-order valence-electron chi connectivity index (χ0n) is 15.3. The highest BCUT2D eigenvalue weighted by atomic mass is 16.5. The number of nitrogens with zero attached hydrogens (tertiary/aromatic N) is 1. The Morgan fingerprint density at radius 2 is 1.31 bits per heavy atom. The quantitative estimate of drug-likeness (QED) is 0.565. The summed E-state index contributed by atoms with van der Waals surface area (Å²) < 4.78 is 10.4. The SMILES string of the molecule is COc1cc(CN(CCCCO)Cc2ccc(O)c(OC)c2)ccc1O. The normalized spacial score (nSPS) is 10.9. The maximum Gasteiger partial charge on any atom is 0.160 e. The van der Waals surface area contributed by atoms with Crippen LogP contribution in [-0.4, -0.2) is 47.6 Å². The first-order valence-corrected chi connectivity index (χ1v) is 8.62. The van der Waals surface area contributed by atoms with Crippen LogP contribution in [-0.2, 0) is 13.1 Å². The Labute approximate surface area is 154 Å². The van der Waals surface area contributed by atoms with Gasteiger partial charge in [-0.1, -0.05) is 12.1 Å². The molecule has 0 fully saturated rings. The molecule has 0 bridgehead atoms. The molecule has 2 aromatic carbocycles. The topological polar surface area (TPSA) is 82.4 Å². The van der Waals surface area contributed by atoms with Crippen LogP contribution in [0.3, 0.4) is 0 Å². The maximum absolute atomic E-state index is 9.76. The molecule has 0 amide bonds. The monoisotopic (exact) mass is 361 g/mol. The van der Waals surface area contributed by atoms with Crippen LogP contribution >= 0.6 is 0 Å². The lowest BCUT2D eigenvalue weighted by Crippen LogP contribution is -2.24. The van der Waals surface area contributed by atoms with Crippen LogP contribution in [0.2, 0.25) is 0 Å². The first kappa shape index (κ1) is 19.9. The van der Waals surface area contributed by atoms with Crippen molar-refractivity contribution in [3.63, 3.8) is 0 Å². The molecule has 0 heterocycles. The number of aliphatic hydroxyl groups excluding tert-OH is 1. The molecule has 2 rings (SSSR count). The van der Waals surface area contributed by atoms with E-state index in [-0.39, 0.29) is 18.1 Å². The van der Waals surface area contributed by atoms with Crippen molar-refractivity contribution in [3.8, 4) is 23.0 Å². The number of hydrogen-bond acceptors (Lipinski definition) is 6. The average molecular weight is 361 g/mol. The fourth-order valence-electron chi connectivity index (χ4n) is 2.82. The number of phenols is 2. The lowest BCUT2D eigenvalue weighted by molar-refractivity contribution is 0.229. The van der Waals surface area contributed by atoms with Crippen molar-refractivity contribution >= 4 is 0 Å². The molecule has 0 atom stereocenters. The highest BCUT2D eigenvalue weighted by molar-refractivity contribution is 5.42. The maximum atomic E-state index is 9.76. The van der Waals surface area contributed by atoms with E-state index in [1.807, 2.05) is 24.3 Å². The van der Waals surface area contributed by atoms with Crippen molar-refractivity contribution in [2.75, 3.05) is 27.4 Å². The van der Waals surface area contributed by atoms with Gasteiger partial charge in [-0.05, 0) is 54.8 Å². The average Bonchev–Trinajstić information content (AvgIpc) is 2.64. The lowest BCUT2D eigenvalue weighted by Gasteiger charge is -2.23. The van der Waals surface area contributed by atoms with Crippen molar-refractivity contribution in [1.29, 1.82) is 0 Å². The van der Waals surface area contributed by atoms with Crippen LogP contribution in [0.15, 0.2) is 36.4 Å². The molecule has 0 saturated carbocycles. The van der Waals surface area contributed by atoms with Crippen molar-refractivity contribution in [1.82, 2.24) is 4.90 Å². The van der Waals surface area contributed by atoms with Gasteiger partial charge in [0.05, 0.1) is 14.2 Å². The zero-order valence-corrected chi connectivity index (χ0v) is 15.3. The van der Waals surface area contributed by atoms with Crippen LogP contribution in [0, 0.1) is 0 Å². The Bertz CT molecular complexity index is 649. The molecule has 0 saturated heterocycles. The Hall–Kier alpha value is -2.44. The number of hydrogen-bond donors (Lipinski definition) is 3. The van der Waals surface area contributed by atoms with Gasteiger partial charge in [0.15, 0.2) is 23.0 Å². The molecular formula is C20H27NO5. The van der Waals surface area contributed by atoms with Gasteiger partial charge < -0.3 is 24.8 Å². The molecule has 0 spiro atoms. The molecule has 0 aromatic heterocycles. The minimum absolute atomic E-state index is 0.117. The second-order valence-electron chi connectivity index (χ2n) is 6.15. The van der Waals surface area contributed by atoms with Gasteiger partial charge in [-0.25, -0.2) is 0 Å². The van der Waals surface area contributed by atoms with E-state index in [4.69, 9.17) is 14.6 Å². The fraction of sp³-hybridized carbons (Fsp3) is 0.400. The second-order valence-corrected chi connectivity index (χ2v) is 6.15. The Morgan fingerprint density at radius 1 is 0.808 bits per heavy atom. The van der Waals surface area contributed by atoms with Gasteiger partial charge in [0.1, 0.15) is 0 Å². The predicted octanol–water partition coefficient (Wildman–Crippen LogP) is 2.89. The van der Waals surface area contributed by atoms with Crippen LogP contribution in [0.4, 0.5) is 0 Å². The van der Waals surface area contributed by atoms with E-state index in [0.717, 1.165) is 30.5 Å². The minimum atomic E-state index is 0.117. The second kappa shape index (κ2) is 9.89. The Kier molecular flexibility index (Phi) is 7.56. The summed E-state index contributed by atoms with van der Waals surface area (Å²) >= 11 is 0. The van der Waals surface area contributed by atoms with Crippen molar-refractivity contribution in [3.05, 3.63) is 47.5 Å². The molecule has 0 unspecified atom stereocenters. The Balaban J connectivity index is 2.14. The first-order chi connectivity index (χ1) is 12.6. The van der Waals surface area contributed by atoms with E-state index >= 15 is 0 Å². The molecule has 3 N–H and O–H groups in total. The molecule has 6 heteroatoms. The van der Waals surface area contributed by atoms with Crippen LogP contribution in [0.25, 0.3) is 0 Å². The van der Waals surface area contributed by atoms with Gasteiger partial charge in [-0.3, -0.25) is 4.90 Å². The fourth-order valence-corrected chi connectivity index (χ4v) is 2.82. The summed E-state index contributed by atoms with van der Waals surface area (Å²) in [7, 11) is 3.06. The summed E-state index contributed by atoms with van der Waals surface area (Å²) in [5.41, 5.74) is 2.05. The molecule has 26 heavy (non-hydrogen) atoms. The van der Waals surface area contributed by atoms with Gasteiger partial charge in [0.25, 0.3) is 0 Å². The predicted molar refractivity (Wildman–Crippen MR) is 99.8 cm³/mol. The smallest absolute Gasteiger partial charge is 0.160 e. The van der Waals surface area contributed by atoms with Crippen LogP contribution in [0.1, 0.15) is 24.0 Å². The van der Waals surface area contributed by atoms with E-state index in [2.05, 4.69) is 4.90 Å². The first-order valence-electron chi connectivity index (χ1n) is 8.62. The number of phenolic OH excluding ortho intramolecular Hbond substituents is 2. The summed E-state index contributed by atoms with van der Waals surface area (Å²) in [4.78, 5) is 2.24. The number of aliphatic hydroxyl groups is 1. The van der Waals surface area contributed by atoms with Gasteiger partial charge in [-0.2, -0.15) is 0 Å². The number of aromatic hydroxyl groups is 2. The third kappa shape index (κ3) is 5.54. The highest BCUT2D eigenvalue weighted by Crippen LogP contribution is 2.29. The van der Waals surface area contributed by atoms with Gasteiger partial charge in [0.2, 0.25) is 0 Å². The molecule has 6 nitrogen and oxygen atoms in total. The summed E-state index contributed by atoms with van der Waals surface area (Å²) in [5.74, 6) is 1.13. The molecule has 0 aliphatic carbocycles. The number of ether oxygens (including phenoxy) is 2. The van der Waals surface area contributed by atoms with E-state index in [1.165, 1.54) is 14.2 Å². The summed E-state index contributed by atoms with van der Waals surface area (Å²) in [5, 5.41) is 28.6. The van der Waals surface area contributed by atoms with Crippen molar-refractivity contribution in [2.45, 2.75) is 25.9 Å². The zero-order chi connectivity index (χ0) is 18.9. The van der Waals surface area contributed by atoms with Crippen molar-refractivity contribution in [2.24, 2.45) is 0 Å². The standard InChI is InChI=1S/C20H27NO5/c1-25-19-11-15(5-7-17(19)23)13-21(9-3-4-10-22)14-16-6-8-18(24)20(12-16)26-2/h5-8,11-12,22-24H,3-4,9-10,13-14H2,1-2H3. The molecule has 142 valence electrons. The lowest BCUT2D eigenvalue weighted by atomic mass is 10.1. The van der Waals surface area contributed by atoms with Crippen LogP contribution in [0.5, 0.6) is 23.0 Å². The number of rotatable bonds is 10. The highest BCUT2D eigenvalue weighted by Gasteiger charge is 2.11. The summed E-state index contributed by atoms with van der Waals surface area (Å²) in [6.07, 6.45) is 1.62. The molecule has 0 radical (unpaired) electrons. The van der Waals surface area contributed by atoms with E-state index < -0.39 is 0 Å². The Morgan fingerprint density at radius 3 is 1.73 bits per heavy atom. The van der Waals surface area contributed by atoms with Gasteiger partial charge in [0, 0.05) is 19.7 Å². The van der Waals surface area contributed by atoms with E-state index in [0.29, 0.717) is 24.6 Å². The van der Waals surface area contributed by atoms with Gasteiger partial charge >= 0.3 is 0 Å². The molecule has 2 aromatic rings. The summed E-state index contributed by atoms with van der Waals surface area (Å²) in [6, 6.07) is 10.6. The van der Waals surface area contributed by atoms with Crippen molar-refractivity contribution < 1.29 is 24.8 Å². The summed E-state index contributed by atoms with van der Waals surface area (Å²) in [6.45, 7) is 2.33. The third-order valence-corrected chi connectivity index (χ3v) is 4.18. The largest absolute Gasteiger partial charge is 0.504 e. The minimum Gasteiger partial charge on any atom is -0.504 e. The van der Waals surface area contributed by atoms with E-state index in [1.54, 1.807) is 12.1 Å². The number of methoxy groups -OCH3 is 2. The molecule has 0 aliphatic rings. The number of unbranched alkanes of at least 4 members (excludes halogenated alkanes) is 1. The third-order valence-electron chi connectivity index (χ3n) is 4.18. The molecule has 0 aliphatic heterocycles. The van der Waals surface area contributed by atoms with Gasteiger partial charge in [-0.15, -0.1) is 0 Å².